The van der Waals surface area contributed by atoms with E-state index < -0.39 is 0 Å². The number of fused-ring (bicyclic) bond motifs is 1. The summed E-state index contributed by atoms with van der Waals surface area (Å²) in [4.78, 5) is 19.5. The van der Waals surface area contributed by atoms with Crippen LogP contribution >= 0.6 is 0 Å². The van der Waals surface area contributed by atoms with Crippen LogP contribution in [-0.2, 0) is 4.79 Å². The zero-order valence-corrected chi connectivity index (χ0v) is 21.3. The Bertz CT molecular complexity index is 1210. The number of oxazole rings is 1. The van der Waals surface area contributed by atoms with Gasteiger partial charge in [-0.25, -0.2) is 10.4 Å². The second-order valence-corrected chi connectivity index (χ2v) is 9.99. The van der Waals surface area contributed by atoms with Crippen molar-refractivity contribution in [1.29, 1.82) is 0 Å². The van der Waals surface area contributed by atoms with E-state index in [1.54, 1.807) is 0 Å². The molecule has 1 fully saturated rings. The number of carbonyl (C=O) groups excluding carboxylic acids is 1. The number of nitrogens with one attached hydrogen (secondary N) is 1. The van der Waals surface area contributed by atoms with Crippen molar-refractivity contribution in [3.63, 3.8) is 0 Å². The fourth-order valence-electron chi connectivity index (χ4n) is 5.30. The normalized spacial score (nSPS) is 20.8. The highest BCUT2D eigenvalue weighted by Gasteiger charge is 2.32. The number of nitrogens with zero attached hydrogens (tertiary/aromatic N) is 3. The number of rotatable bonds is 9. The van der Waals surface area contributed by atoms with Crippen molar-refractivity contribution in [3.05, 3.63) is 48.0 Å². The molecular formula is C29H36N4O3. The number of hydrazone groups is 1. The van der Waals surface area contributed by atoms with E-state index in [0.29, 0.717) is 11.5 Å². The Morgan fingerprint density at radius 2 is 1.86 bits per heavy atom. The molecule has 0 aliphatic carbocycles. The van der Waals surface area contributed by atoms with Gasteiger partial charge in [0, 0.05) is 29.5 Å². The first-order chi connectivity index (χ1) is 17.6. The molecule has 2 atom stereocenters. The summed E-state index contributed by atoms with van der Waals surface area (Å²) in [7, 11) is 0. The Morgan fingerprint density at radius 1 is 1.08 bits per heavy atom. The van der Waals surface area contributed by atoms with Crippen LogP contribution in [-0.4, -0.2) is 47.7 Å². The van der Waals surface area contributed by atoms with Gasteiger partial charge >= 0.3 is 0 Å². The fourth-order valence-corrected chi connectivity index (χ4v) is 5.30. The van der Waals surface area contributed by atoms with Gasteiger partial charge in [-0.15, -0.1) is 0 Å². The molecule has 36 heavy (non-hydrogen) atoms. The van der Waals surface area contributed by atoms with E-state index in [1.807, 2.05) is 42.5 Å². The number of carbonyl (C=O) groups is 1. The van der Waals surface area contributed by atoms with Crippen molar-refractivity contribution in [2.75, 3.05) is 26.2 Å². The van der Waals surface area contributed by atoms with Crippen molar-refractivity contribution >= 4 is 22.7 Å². The molecule has 1 amide bonds. The highest BCUT2D eigenvalue weighted by Crippen LogP contribution is 2.30. The average molecular weight is 489 g/mol. The molecule has 190 valence electrons. The summed E-state index contributed by atoms with van der Waals surface area (Å²) < 4.78 is 12.1. The third-order valence-electron chi connectivity index (χ3n) is 7.38. The number of amides is 1. The predicted octanol–water partition coefficient (Wildman–Crippen LogP) is 5.64. The van der Waals surface area contributed by atoms with Gasteiger partial charge in [0.1, 0.15) is 11.3 Å². The topological polar surface area (TPSA) is 80.0 Å². The summed E-state index contributed by atoms with van der Waals surface area (Å²) in [6.45, 7) is 8.46. The second-order valence-electron chi connectivity index (χ2n) is 9.99. The lowest BCUT2D eigenvalue weighted by Gasteiger charge is -2.27. The number of ether oxygens (including phenoxy) is 1. The largest absolute Gasteiger partial charge is 0.494 e. The van der Waals surface area contributed by atoms with Gasteiger partial charge < -0.3 is 14.1 Å². The van der Waals surface area contributed by atoms with Gasteiger partial charge in [-0.3, -0.25) is 4.79 Å². The van der Waals surface area contributed by atoms with Crippen LogP contribution in [0.15, 0.2) is 52.0 Å². The van der Waals surface area contributed by atoms with Gasteiger partial charge in [0.05, 0.1) is 12.3 Å². The Hall–Kier alpha value is -3.19. The van der Waals surface area contributed by atoms with Crippen molar-refractivity contribution in [2.24, 2.45) is 16.9 Å². The van der Waals surface area contributed by atoms with E-state index in [4.69, 9.17) is 9.15 Å². The van der Waals surface area contributed by atoms with Crippen LogP contribution in [0.3, 0.4) is 0 Å². The molecule has 7 heteroatoms. The maximum absolute atomic E-state index is 12.2. The number of piperidine rings is 1. The highest BCUT2D eigenvalue weighted by molar-refractivity contribution is 6.07. The van der Waals surface area contributed by atoms with Crippen LogP contribution < -0.4 is 10.2 Å². The summed E-state index contributed by atoms with van der Waals surface area (Å²) in [6.07, 6.45) is 6.87. The molecule has 1 aromatic heterocycles. The summed E-state index contributed by atoms with van der Waals surface area (Å²) in [5.74, 6) is 1.43. The fraction of sp³-hybridized carbons (Fsp3) is 0.483. The highest BCUT2D eigenvalue weighted by atomic mass is 16.5. The van der Waals surface area contributed by atoms with Gasteiger partial charge in [0.25, 0.3) is 0 Å². The SMILES string of the molecule is CCCC1C(=O)NN=C(c2ccc3nc(-c4ccc(OCCCN5CCCCC5)cc4)oc3c2)C1C. The first-order valence-electron chi connectivity index (χ1n) is 13.4. The molecule has 0 spiro atoms. The molecule has 2 aliphatic heterocycles. The van der Waals surface area contributed by atoms with Crippen LogP contribution in [0.2, 0.25) is 0 Å². The molecular weight excluding hydrogens is 452 g/mol. The molecule has 3 aromatic rings. The monoisotopic (exact) mass is 488 g/mol. The third kappa shape index (κ3) is 5.46. The Labute approximate surface area is 212 Å². The molecule has 5 rings (SSSR count). The summed E-state index contributed by atoms with van der Waals surface area (Å²) in [6, 6.07) is 13.9. The number of hydrogen-bond donors (Lipinski definition) is 1. The molecule has 0 bridgehead atoms. The van der Waals surface area contributed by atoms with Crippen LogP contribution in [0.5, 0.6) is 5.75 Å². The van der Waals surface area contributed by atoms with Gasteiger partial charge in [-0.1, -0.05) is 32.8 Å². The smallest absolute Gasteiger partial charge is 0.243 e. The lowest BCUT2D eigenvalue weighted by molar-refractivity contribution is -0.126. The molecule has 2 unspecified atom stereocenters. The Morgan fingerprint density at radius 3 is 2.64 bits per heavy atom. The zero-order valence-electron chi connectivity index (χ0n) is 21.3. The van der Waals surface area contributed by atoms with Crippen molar-refractivity contribution in [2.45, 2.75) is 52.4 Å². The second kappa shape index (κ2) is 11.2. The first-order valence-corrected chi connectivity index (χ1v) is 13.4. The van der Waals surface area contributed by atoms with Gasteiger partial charge in [-0.05, 0) is 75.2 Å². The number of benzene rings is 2. The van der Waals surface area contributed by atoms with Crippen molar-refractivity contribution in [1.82, 2.24) is 15.3 Å². The molecule has 3 heterocycles. The van der Waals surface area contributed by atoms with Gasteiger partial charge in [-0.2, -0.15) is 5.10 Å². The minimum Gasteiger partial charge on any atom is -0.494 e. The maximum atomic E-state index is 12.2. The lowest BCUT2D eigenvalue weighted by atomic mass is 9.82. The molecule has 1 saturated heterocycles. The van der Waals surface area contributed by atoms with E-state index in [2.05, 4.69) is 34.3 Å². The van der Waals surface area contributed by atoms with Crippen LogP contribution in [0.1, 0.15) is 57.9 Å². The number of hydrogen-bond acceptors (Lipinski definition) is 6. The van der Waals surface area contributed by atoms with Crippen molar-refractivity contribution < 1.29 is 13.9 Å². The van der Waals surface area contributed by atoms with E-state index in [-0.39, 0.29) is 17.7 Å². The molecule has 0 radical (unpaired) electrons. The standard InChI is InChI=1S/C29H36N4O3/c1-3-8-24-20(2)27(31-32-28(24)34)22-11-14-25-26(19-22)36-29(30-25)21-9-12-23(13-10-21)35-18-7-17-33-15-5-4-6-16-33/h9-14,19-20,24H,3-8,15-18H2,1-2H3,(H,32,34). The first kappa shape index (κ1) is 24.5. The van der Waals surface area contributed by atoms with Crippen LogP contribution in [0, 0.1) is 11.8 Å². The average Bonchev–Trinajstić information content (AvgIpc) is 3.34. The van der Waals surface area contributed by atoms with E-state index in [0.717, 1.165) is 60.5 Å². The zero-order chi connectivity index (χ0) is 24.9. The molecule has 7 nitrogen and oxygen atoms in total. The Kier molecular flexibility index (Phi) is 7.66. The third-order valence-corrected chi connectivity index (χ3v) is 7.38. The van der Waals surface area contributed by atoms with Gasteiger partial charge in [0.15, 0.2) is 5.58 Å². The van der Waals surface area contributed by atoms with E-state index >= 15 is 0 Å². The minimum atomic E-state index is -0.0611. The van der Waals surface area contributed by atoms with Crippen LogP contribution in [0.4, 0.5) is 0 Å². The Balaban J connectivity index is 1.23. The van der Waals surface area contributed by atoms with Crippen molar-refractivity contribution in [3.8, 4) is 17.2 Å². The summed E-state index contributed by atoms with van der Waals surface area (Å²) >= 11 is 0. The molecule has 2 aliphatic rings. The van der Waals surface area contributed by atoms with E-state index in [1.165, 1.54) is 32.4 Å². The molecule has 0 saturated carbocycles. The van der Waals surface area contributed by atoms with Gasteiger partial charge in [0.2, 0.25) is 11.8 Å². The summed E-state index contributed by atoms with van der Waals surface area (Å²) in [5, 5.41) is 4.37. The lowest BCUT2D eigenvalue weighted by Crippen LogP contribution is -2.40. The molecule has 1 N–H and O–H groups in total. The summed E-state index contributed by atoms with van der Waals surface area (Å²) in [5.41, 5.74) is 6.95. The van der Waals surface area contributed by atoms with E-state index in [9.17, 15) is 4.79 Å². The van der Waals surface area contributed by atoms with Crippen LogP contribution in [0.25, 0.3) is 22.6 Å². The number of aromatic nitrogens is 1. The number of likely N-dealkylation sites (tertiary alicyclic amines) is 1. The minimum absolute atomic E-state index is 0.00514. The molecule has 2 aromatic carbocycles. The maximum Gasteiger partial charge on any atom is 0.243 e. The predicted molar refractivity (Wildman–Crippen MR) is 142 cm³/mol. The quantitative estimate of drug-likeness (QED) is 0.395.